The van der Waals surface area contributed by atoms with E-state index in [1.54, 1.807) is 21.1 Å². The Kier molecular flexibility index (Phi) is 40.6. The van der Waals surface area contributed by atoms with E-state index in [0.717, 1.165) is 51.4 Å². The van der Waals surface area contributed by atoms with Gasteiger partial charge in [-0.25, -0.2) is 0 Å². The zero-order valence-electron chi connectivity index (χ0n) is 39.4. The van der Waals surface area contributed by atoms with Crippen LogP contribution in [0.2, 0.25) is 0 Å². The molecule has 8 nitrogen and oxygen atoms in total. The van der Waals surface area contributed by atoms with Crippen LogP contribution in [0.4, 0.5) is 0 Å². The SMILES string of the molecule is CC/C=C/C/C=C/C/C=C/CCCCCCCCCCCCCCCC(=O)OCC(COCCC(C(=O)[O-])[N+](C)(C)C)OC(=O)CC/C=C/C/C=C/CCCCCCCC. The number of hydrogen-bond acceptors (Lipinski definition) is 7. The van der Waals surface area contributed by atoms with Gasteiger partial charge in [-0.15, -0.1) is 0 Å². The molecule has 0 saturated carbocycles. The molecule has 0 aromatic heterocycles. The molecule has 0 radical (unpaired) electrons. The molecule has 2 atom stereocenters. The van der Waals surface area contributed by atoms with Crippen LogP contribution in [0.1, 0.15) is 200 Å². The first-order valence-corrected chi connectivity index (χ1v) is 24.3. The Hall–Kier alpha value is -2.97. The largest absolute Gasteiger partial charge is 0.544 e. The third-order valence-corrected chi connectivity index (χ3v) is 10.7. The topological polar surface area (TPSA) is 102 Å². The van der Waals surface area contributed by atoms with Gasteiger partial charge in [0.2, 0.25) is 0 Å². The zero-order chi connectivity index (χ0) is 44.2. The van der Waals surface area contributed by atoms with Gasteiger partial charge in [0, 0.05) is 19.3 Å². The van der Waals surface area contributed by atoms with Crippen molar-refractivity contribution in [3.63, 3.8) is 0 Å². The number of aliphatic carboxylic acids is 1. The minimum Gasteiger partial charge on any atom is -0.544 e. The lowest BCUT2D eigenvalue weighted by molar-refractivity contribution is -0.889. The van der Waals surface area contributed by atoms with Gasteiger partial charge in [0.1, 0.15) is 12.6 Å². The van der Waals surface area contributed by atoms with Gasteiger partial charge in [-0.05, 0) is 64.2 Å². The number of quaternary nitrogens is 1. The van der Waals surface area contributed by atoms with Crippen molar-refractivity contribution in [1.82, 2.24) is 0 Å². The Morgan fingerprint density at radius 2 is 0.967 bits per heavy atom. The summed E-state index contributed by atoms with van der Waals surface area (Å²) >= 11 is 0. The van der Waals surface area contributed by atoms with E-state index in [1.807, 2.05) is 6.08 Å². The van der Waals surface area contributed by atoms with Gasteiger partial charge in [-0.3, -0.25) is 9.59 Å². The Balaban J connectivity index is 4.24. The van der Waals surface area contributed by atoms with E-state index in [2.05, 4.69) is 68.5 Å². The second-order valence-electron chi connectivity index (χ2n) is 17.3. The number of rotatable bonds is 43. The van der Waals surface area contributed by atoms with Crippen molar-refractivity contribution in [2.45, 2.75) is 212 Å². The van der Waals surface area contributed by atoms with E-state index in [9.17, 15) is 19.5 Å². The molecule has 0 aromatic rings. The van der Waals surface area contributed by atoms with Crippen LogP contribution >= 0.6 is 0 Å². The lowest BCUT2D eigenvalue weighted by Gasteiger charge is -2.34. The third kappa shape index (κ3) is 40.4. The second-order valence-corrected chi connectivity index (χ2v) is 17.3. The number of carbonyl (C=O) groups excluding carboxylic acids is 3. The number of hydrogen-bond donors (Lipinski definition) is 0. The highest BCUT2D eigenvalue weighted by molar-refractivity contribution is 5.70. The quantitative estimate of drug-likeness (QED) is 0.0261. The molecule has 0 amide bonds. The molecule has 346 valence electrons. The Morgan fingerprint density at radius 3 is 1.45 bits per heavy atom. The number of nitrogens with zero attached hydrogens (tertiary/aromatic N) is 1. The van der Waals surface area contributed by atoms with Gasteiger partial charge >= 0.3 is 11.9 Å². The van der Waals surface area contributed by atoms with Crippen LogP contribution in [0, 0.1) is 0 Å². The molecule has 0 aliphatic carbocycles. The maximum Gasteiger partial charge on any atom is 0.306 e. The molecule has 0 spiro atoms. The normalized spacial score (nSPS) is 13.4. The predicted octanol–water partition coefficient (Wildman–Crippen LogP) is 12.4. The summed E-state index contributed by atoms with van der Waals surface area (Å²) in [5, 5.41) is 11.6. The van der Waals surface area contributed by atoms with Crippen LogP contribution in [0.3, 0.4) is 0 Å². The molecule has 0 heterocycles. The fourth-order valence-corrected chi connectivity index (χ4v) is 6.90. The summed E-state index contributed by atoms with van der Waals surface area (Å²) in [6, 6.07) is -0.736. The average Bonchev–Trinajstić information content (AvgIpc) is 3.21. The standard InChI is InChI=1S/C52H91NO7/c1-6-8-10-12-14-16-18-20-21-22-23-24-25-26-27-28-29-31-32-34-36-38-40-42-50(54)59-47-48(46-58-45-44-49(52(56)57)53(3,4)5)60-51(55)43-41-39-37-35-33-30-19-17-15-13-11-9-7-2/h8,10,14,16,20-21,30,33,37,39,48-49H,6-7,9,11-13,15,17-19,22-29,31-32,34-36,38,40-47H2,1-5H3/b10-8+,16-14+,21-20+,33-30+,39-37+. The molecular weight excluding hydrogens is 751 g/mol. The molecule has 0 bridgehead atoms. The fourth-order valence-electron chi connectivity index (χ4n) is 6.90. The number of esters is 2. The number of carboxylic acids is 1. The van der Waals surface area contributed by atoms with Gasteiger partial charge in [0.25, 0.3) is 0 Å². The van der Waals surface area contributed by atoms with Gasteiger partial charge in [0.15, 0.2) is 6.10 Å². The molecule has 0 aliphatic rings. The van der Waals surface area contributed by atoms with Crippen molar-refractivity contribution in [1.29, 1.82) is 0 Å². The molecule has 0 aromatic carbocycles. The monoisotopic (exact) mass is 842 g/mol. The van der Waals surface area contributed by atoms with E-state index < -0.39 is 18.1 Å². The van der Waals surface area contributed by atoms with Crippen molar-refractivity contribution >= 4 is 17.9 Å². The van der Waals surface area contributed by atoms with Gasteiger partial charge < -0.3 is 28.6 Å². The summed E-state index contributed by atoms with van der Waals surface area (Å²) < 4.78 is 17.1. The Morgan fingerprint density at radius 1 is 0.517 bits per heavy atom. The second kappa shape index (κ2) is 42.7. The van der Waals surface area contributed by atoms with Crippen LogP contribution < -0.4 is 5.11 Å². The predicted molar refractivity (Wildman–Crippen MR) is 249 cm³/mol. The number of carboxylic acid groups (broad SMARTS) is 1. The van der Waals surface area contributed by atoms with Crippen LogP contribution in [0.25, 0.3) is 0 Å². The smallest absolute Gasteiger partial charge is 0.306 e. The molecule has 0 N–H and O–H groups in total. The van der Waals surface area contributed by atoms with Crippen molar-refractivity contribution in [3.8, 4) is 0 Å². The van der Waals surface area contributed by atoms with E-state index in [0.29, 0.717) is 12.8 Å². The maximum atomic E-state index is 12.7. The van der Waals surface area contributed by atoms with Gasteiger partial charge in [-0.1, -0.05) is 177 Å². The van der Waals surface area contributed by atoms with Crippen molar-refractivity contribution in [2.75, 3.05) is 41.0 Å². The first-order chi connectivity index (χ1) is 29.1. The first kappa shape index (κ1) is 57.0. The van der Waals surface area contributed by atoms with Crippen molar-refractivity contribution in [2.24, 2.45) is 0 Å². The van der Waals surface area contributed by atoms with Crippen LogP contribution in [-0.2, 0) is 28.6 Å². The Bertz CT molecular complexity index is 1170. The number of carbonyl (C=O) groups is 3. The minimum atomic E-state index is -1.13. The van der Waals surface area contributed by atoms with Gasteiger partial charge in [0.05, 0.1) is 40.3 Å². The minimum absolute atomic E-state index is 0.0173. The highest BCUT2D eigenvalue weighted by Gasteiger charge is 2.25. The molecule has 0 fully saturated rings. The summed E-state index contributed by atoms with van der Waals surface area (Å²) in [5.74, 6) is -1.82. The molecule has 0 rings (SSSR count). The molecule has 0 saturated heterocycles. The molecule has 2 unspecified atom stereocenters. The summed E-state index contributed by atoms with van der Waals surface area (Å²) in [5.41, 5.74) is 0. The molecule has 8 heteroatoms. The highest BCUT2D eigenvalue weighted by atomic mass is 16.6. The van der Waals surface area contributed by atoms with E-state index >= 15 is 0 Å². The zero-order valence-corrected chi connectivity index (χ0v) is 39.4. The number of unbranched alkanes of at least 4 members (excludes halogenated alkanes) is 19. The number of ether oxygens (including phenoxy) is 3. The molecule has 0 aliphatic heterocycles. The number of likely N-dealkylation sites (N-methyl/N-ethyl adjacent to an activating group) is 1. The fraction of sp³-hybridized carbons (Fsp3) is 0.750. The van der Waals surface area contributed by atoms with E-state index in [-0.39, 0.29) is 49.1 Å². The maximum absolute atomic E-state index is 12.7. The lowest BCUT2D eigenvalue weighted by Crippen LogP contribution is -2.55. The Labute approximate surface area is 368 Å². The number of allylic oxidation sites excluding steroid dienone is 10. The third-order valence-electron chi connectivity index (χ3n) is 10.7. The van der Waals surface area contributed by atoms with Crippen molar-refractivity contribution < 1.29 is 38.2 Å². The van der Waals surface area contributed by atoms with Crippen molar-refractivity contribution in [3.05, 3.63) is 60.8 Å². The van der Waals surface area contributed by atoms with Crippen LogP contribution in [0.5, 0.6) is 0 Å². The summed E-state index contributed by atoms with van der Waals surface area (Å²) in [7, 11) is 5.39. The van der Waals surface area contributed by atoms with Gasteiger partial charge in [-0.2, -0.15) is 0 Å². The summed E-state index contributed by atoms with van der Waals surface area (Å²) in [4.78, 5) is 36.9. The van der Waals surface area contributed by atoms with Crippen LogP contribution in [0.15, 0.2) is 60.8 Å². The highest BCUT2D eigenvalue weighted by Crippen LogP contribution is 2.15. The average molecular weight is 842 g/mol. The van der Waals surface area contributed by atoms with E-state index in [4.69, 9.17) is 14.2 Å². The molecule has 60 heavy (non-hydrogen) atoms. The first-order valence-electron chi connectivity index (χ1n) is 24.3. The van der Waals surface area contributed by atoms with Crippen LogP contribution in [-0.4, -0.2) is 75.5 Å². The molecular formula is C52H91NO7. The lowest BCUT2D eigenvalue weighted by atomic mass is 10.0. The summed E-state index contributed by atoms with van der Waals surface area (Å²) in [6.07, 6.45) is 52.7. The van der Waals surface area contributed by atoms with E-state index in [1.165, 1.54) is 109 Å². The summed E-state index contributed by atoms with van der Waals surface area (Å²) in [6.45, 7) is 4.49.